The van der Waals surface area contributed by atoms with Gasteiger partial charge in [-0.15, -0.1) is 0 Å². The number of nitrogens with zero attached hydrogens (tertiary/aromatic N) is 2. The lowest BCUT2D eigenvalue weighted by molar-refractivity contribution is 0.0464. The zero-order valence-electron chi connectivity index (χ0n) is 17.3. The second-order valence-corrected chi connectivity index (χ2v) is 7.78. The molecule has 0 aliphatic carbocycles. The maximum absolute atomic E-state index is 12.8. The summed E-state index contributed by atoms with van der Waals surface area (Å²) < 4.78 is 12.6. The molecule has 1 N–H and O–H groups in total. The first-order chi connectivity index (χ1) is 13.7. The van der Waals surface area contributed by atoms with Gasteiger partial charge in [-0.25, -0.2) is 14.6 Å². The molecule has 0 unspecified atom stereocenters. The van der Waals surface area contributed by atoms with Crippen molar-refractivity contribution < 1.29 is 19.1 Å². The molecule has 3 aromatic rings. The van der Waals surface area contributed by atoms with E-state index >= 15 is 0 Å². The number of imidazole rings is 1. The molecule has 7 nitrogen and oxygen atoms in total. The van der Waals surface area contributed by atoms with Crippen LogP contribution in [0.25, 0.3) is 5.65 Å². The third kappa shape index (κ3) is 4.74. The summed E-state index contributed by atoms with van der Waals surface area (Å²) in [5.74, 6) is -0.479. The minimum atomic E-state index is -0.610. The summed E-state index contributed by atoms with van der Waals surface area (Å²) in [6.45, 7) is 9.06. The van der Waals surface area contributed by atoms with Gasteiger partial charge in [0.05, 0.1) is 11.4 Å². The van der Waals surface area contributed by atoms with E-state index in [9.17, 15) is 9.59 Å². The Morgan fingerprint density at radius 2 is 1.86 bits per heavy atom. The van der Waals surface area contributed by atoms with Crippen molar-refractivity contribution >= 4 is 23.4 Å². The van der Waals surface area contributed by atoms with E-state index in [4.69, 9.17) is 9.47 Å². The number of hydrogen-bond donors (Lipinski definition) is 1. The molecule has 3 rings (SSSR count). The molecule has 0 saturated carbocycles. The first-order valence-electron chi connectivity index (χ1n) is 9.35. The first-order valence-corrected chi connectivity index (χ1v) is 9.35. The van der Waals surface area contributed by atoms with E-state index < -0.39 is 17.7 Å². The van der Waals surface area contributed by atoms with E-state index in [1.54, 1.807) is 44.4 Å². The van der Waals surface area contributed by atoms with E-state index in [1.165, 1.54) is 0 Å². The van der Waals surface area contributed by atoms with Gasteiger partial charge in [-0.2, -0.15) is 0 Å². The van der Waals surface area contributed by atoms with Gasteiger partial charge in [0.25, 0.3) is 0 Å². The van der Waals surface area contributed by atoms with Crippen LogP contribution in [0.2, 0.25) is 0 Å². The molecule has 2 heterocycles. The lowest BCUT2D eigenvalue weighted by Crippen LogP contribution is -2.27. The highest BCUT2D eigenvalue weighted by Crippen LogP contribution is 2.23. The van der Waals surface area contributed by atoms with E-state index in [-0.39, 0.29) is 6.61 Å². The van der Waals surface area contributed by atoms with Gasteiger partial charge in [0.1, 0.15) is 17.9 Å². The molecule has 0 spiro atoms. The Bertz CT molecular complexity index is 1060. The smallest absolute Gasteiger partial charge is 0.412 e. The number of aromatic nitrogens is 2. The fourth-order valence-electron chi connectivity index (χ4n) is 2.99. The number of fused-ring (bicyclic) bond motifs is 1. The summed E-state index contributed by atoms with van der Waals surface area (Å²) in [7, 11) is 0. The number of anilines is 1. The Morgan fingerprint density at radius 3 is 2.59 bits per heavy atom. The zero-order valence-corrected chi connectivity index (χ0v) is 17.3. The molecule has 7 heteroatoms. The molecule has 0 aliphatic rings. The van der Waals surface area contributed by atoms with Crippen molar-refractivity contribution in [1.82, 2.24) is 9.38 Å². The summed E-state index contributed by atoms with van der Waals surface area (Å²) in [4.78, 5) is 29.3. The number of ether oxygens (including phenoxy) is 2. The van der Waals surface area contributed by atoms with Crippen LogP contribution in [0.4, 0.5) is 10.5 Å². The van der Waals surface area contributed by atoms with Crippen molar-refractivity contribution in [2.24, 2.45) is 0 Å². The van der Waals surface area contributed by atoms with Gasteiger partial charge in [0, 0.05) is 11.8 Å². The van der Waals surface area contributed by atoms with Gasteiger partial charge in [-0.3, -0.25) is 9.72 Å². The first kappa shape index (κ1) is 20.4. The minimum absolute atomic E-state index is 0.0101. The third-order valence-corrected chi connectivity index (χ3v) is 4.29. The largest absolute Gasteiger partial charge is 0.456 e. The van der Waals surface area contributed by atoms with Crippen molar-refractivity contribution in [3.05, 3.63) is 65.1 Å². The lowest BCUT2D eigenvalue weighted by atomic mass is 10.1. The molecular formula is C22H25N3O4. The van der Waals surface area contributed by atoms with Crippen LogP contribution in [0.1, 0.15) is 48.1 Å². The van der Waals surface area contributed by atoms with Crippen LogP contribution >= 0.6 is 0 Å². The van der Waals surface area contributed by atoms with Gasteiger partial charge < -0.3 is 9.47 Å². The predicted octanol–water partition coefficient (Wildman–Crippen LogP) is 4.66. The number of esters is 1. The lowest BCUT2D eigenvalue weighted by Gasteiger charge is -2.21. The van der Waals surface area contributed by atoms with Crippen LogP contribution in [-0.4, -0.2) is 27.0 Å². The number of hydrogen-bond acceptors (Lipinski definition) is 5. The minimum Gasteiger partial charge on any atom is -0.456 e. The van der Waals surface area contributed by atoms with Crippen molar-refractivity contribution in [2.45, 2.75) is 46.8 Å². The molecule has 0 aliphatic heterocycles. The highest BCUT2D eigenvalue weighted by Gasteiger charge is 2.20. The average Bonchev–Trinajstić information content (AvgIpc) is 2.95. The fourth-order valence-corrected chi connectivity index (χ4v) is 2.99. The molecule has 1 aromatic carbocycles. The molecule has 0 saturated heterocycles. The van der Waals surface area contributed by atoms with Gasteiger partial charge >= 0.3 is 12.1 Å². The maximum atomic E-state index is 12.8. The van der Waals surface area contributed by atoms with Crippen LogP contribution in [0.5, 0.6) is 0 Å². The van der Waals surface area contributed by atoms with Gasteiger partial charge in [-0.1, -0.05) is 18.2 Å². The molecule has 0 atom stereocenters. The molecule has 2 aromatic heterocycles. The standard InChI is InChI=1S/C22H25N3O4/c1-14-9-8-10-17(24-21(27)29-22(3,4)5)16(14)13-28-20(26)19-15(2)23-18-11-6-7-12-25(18)19/h6-12H,13H2,1-5H3,(H,24,27). The molecule has 0 fully saturated rings. The number of nitrogens with one attached hydrogen (secondary N) is 1. The average molecular weight is 395 g/mol. The Kier molecular flexibility index (Phi) is 5.59. The van der Waals surface area contributed by atoms with Gasteiger partial charge in [0.2, 0.25) is 0 Å². The number of benzene rings is 1. The number of amides is 1. The SMILES string of the molecule is Cc1cccc(NC(=O)OC(C)(C)C)c1COC(=O)c1c(C)nc2ccccn12. The third-order valence-electron chi connectivity index (χ3n) is 4.29. The second kappa shape index (κ2) is 7.95. The Balaban J connectivity index is 1.79. The highest BCUT2D eigenvalue weighted by molar-refractivity contribution is 5.90. The van der Waals surface area contributed by atoms with Crippen molar-refractivity contribution in [1.29, 1.82) is 0 Å². The van der Waals surface area contributed by atoms with Gasteiger partial charge in [0.15, 0.2) is 5.69 Å². The molecule has 0 radical (unpaired) electrons. The molecule has 0 bridgehead atoms. The summed E-state index contributed by atoms with van der Waals surface area (Å²) >= 11 is 0. The van der Waals surface area contributed by atoms with Crippen molar-refractivity contribution in [3.8, 4) is 0 Å². The van der Waals surface area contributed by atoms with Crippen molar-refractivity contribution in [2.75, 3.05) is 5.32 Å². The normalized spacial score (nSPS) is 11.3. The monoisotopic (exact) mass is 395 g/mol. The van der Waals surface area contributed by atoms with Crippen LogP contribution in [0, 0.1) is 13.8 Å². The summed E-state index contributed by atoms with van der Waals surface area (Å²) in [5.41, 5.74) is 3.19. The van der Waals surface area contributed by atoms with E-state index in [0.717, 1.165) is 5.56 Å². The van der Waals surface area contributed by atoms with Crippen LogP contribution in [0.3, 0.4) is 0 Å². The Morgan fingerprint density at radius 1 is 1.10 bits per heavy atom. The zero-order chi connectivity index (χ0) is 21.2. The number of rotatable bonds is 4. The van der Waals surface area contributed by atoms with Crippen LogP contribution in [0.15, 0.2) is 42.6 Å². The quantitative estimate of drug-likeness (QED) is 0.650. The topological polar surface area (TPSA) is 81.9 Å². The van der Waals surface area contributed by atoms with E-state index in [0.29, 0.717) is 28.3 Å². The number of carbonyl (C=O) groups is 2. The molecular weight excluding hydrogens is 370 g/mol. The maximum Gasteiger partial charge on any atom is 0.412 e. The van der Waals surface area contributed by atoms with Gasteiger partial charge in [-0.05, 0) is 58.4 Å². The highest BCUT2D eigenvalue weighted by atomic mass is 16.6. The second-order valence-electron chi connectivity index (χ2n) is 7.78. The van der Waals surface area contributed by atoms with Crippen molar-refractivity contribution in [3.63, 3.8) is 0 Å². The number of aryl methyl sites for hydroxylation is 2. The van der Waals surface area contributed by atoms with E-state index in [1.807, 2.05) is 37.3 Å². The fraction of sp³-hybridized carbons (Fsp3) is 0.318. The summed E-state index contributed by atoms with van der Waals surface area (Å²) in [5, 5.41) is 2.74. The Hall–Kier alpha value is -3.35. The number of pyridine rings is 1. The predicted molar refractivity (Wildman–Crippen MR) is 110 cm³/mol. The molecule has 29 heavy (non-hydrogen) atoms. The number of carbonyl (C=O) groups excluding carboxylic acids is 2. The van der Waals surface area contributed by atoms with Crippen LogP contribution in [-0.2, 0) is 16.1 Å². The molecule has 1 amide bonds. The van der Waals surface area contributed by atoms with Crippen LogP contribution < -0.4 is 5.32 Å². The summed E-state index contributed by atoms with van der Waals surface area (Å²) in [6.07, 6.45) is 1.21. The summed E-state index contributed by atoms with van der Waals surface area (Å²) in [6, 6.07) is 11.0. The van der Waals surface area contributed by atoms with E-state index in [2.05, 4.69) is 10.3 Å². The Labute approximate surface area is 169 Å². The molecule has 152 valence electrons.